The molecule has 0 saturated heterocycles. The molecule has 0 bridgehead atoms. The van der Waals surface area contributed by atoms with Gasteiger partial charge in [0.15, 0.2) is 0 Å². The zero-order valence-corrected chi connectivity index (χ0v) is 7.69. The highest BCUT2D eigenvalue weighted by atomic mass is 16.4. The second-order valence-corrected chi connectivity index (χ2v) is 3.41. The van der Waals surface area contributed by atoms with E-state index in [0.29, 0.717) is 0 Å². The molecule has 0 aromatic rings. The van der Waals surface area contributed by atoms with Gasteiger partial charge < -0.3 is 10.4 Å². The maximum absolute atomic E-state index is 11.1. The van der Waals surface area contributed by atoms with Crippen molar-refractivity contribution in [2.75, 3.05) is 0 Å². The lowest BCUT2D eigenvalue weighted by Crippen LogP contribution is -2.37. The third-order valence-corrected chi connectivity index (χ3v) is 2.34. The summed E-state index contributed by atoms with van der Waals surface area (Å²) >= 11 is 0. The first-order valence-electron chi connectivity index (χ1n) is 4.54. The molecule has 5 nitrogen and oxygen atoms in total. The van der Waals surface area contributed by atoms with Crippen LogP contribution < -0.4 is 5.32 Å². The van der Waals surface area contributed by atoms with Gasteiger partial charge in [0.2, 0.25) is 5.91 Å². The molecule has 2 atom stereocenters. The fourth-order valence-corrected chi connectivity index (χ4v) is 1.68. The first kappa shape index (κ1) is 10.5. The maximum atomic E-state index is 11.1. The standard InChI is InChI=1S/C9H12N2O3/c10-5-6-2-1-3-7(6)11-8(12)4-9(13)14/h6-7H,1-4H2,(H,11,12)(H,13,14). The van der Waals surface area contributed by atoms with Crippen LogP contribution in [0.1, 0.15) is 25.7 Å². The van der Waals surface area contributed by atoms with Gasteiger partial charge in [-0.25, -0.2) is 0 Å². The minimum atomic E-state index is -1.14. The number of nitrogens with one attached hydrogen (secondary N) is 1. The summed E-state index contributed by atoms with van der Waals surface area (Å²) in [4.78, 5) is 21.3. The molecule has 1 fully saturated rings. The second-order valence-electron chi connectivity index (χ2n) is 3.41. The Kier molecular flexibility index (Phi) is 3.46. The summed E-state index contributed by atoms with van der Waals surface area (Å²) in [5.74, 6) is -1.81. The molecule has 0 aromatic carbocycles. The molecular weight excluding hydrogens is 184 g/mol. The van der Waals surface area contributed by atoms with E-state index in [0.717, 1.165) is 19.3 Å². The number of aliphatic carboxylic acids is 1. The summed E-state index contributed by atoms with van der Waals surface area (Å²) in [6, 6.07) is 1.95. The van der Waals surface area contributed by atoms with Gasteiger partial charge in [-0.3, -0.25) is 9.59 Å². The summed E-state index contributed by atoms with van der Waals surface area (Å²) in [7, 11) is 0. The van der Waals surface area contributed by atoms with Crippen molar-refractivity contribution in [3.63, 3.8) is 0 Å². The van der Waals surface area contributed by atoms with Crippen LogP contribution in [0.15, 0.2) is 0 Å². The average molecular weight is 196 g/mol. The molecule has 76 valence electrons. The van der Waals surface area contributed by atoms with Crippen LogP contribution >= 0.6 is 0 Å². The molecule has 5 heteroatoms. The summed E-state index contributed by atoms with van der Waals surface area (Å²) in [5, 5.41) is 19.6. The van der Waals surface area contributed by atoms with Gasteiger partial charge in [0, 0.05) is 6.04 Å². The van der Waals surface area contributed by atoms with Crippen LogP contribution in [0.5, 0.6) is 0 Å². The number of amides is 1. The molecule has 0 aromatic heterocycles. The Labute approximate surface area is 81.7 Å². The van der Waals surface area contributed by atoms with Gasteiger partial charge in [-0.2, -0.15) is 5.26 Å². The molecule has 14 heavy (non-hydrogen) atoms. The molecule has 1 aliphatic rings. The third-order valence-electron chi connectivity index (χ3n) is 2.34. The summed E-state index contributed by atoms with van der Waals surface area (Å²) in [6.45, 7) is 0. The van der Waals surface area contributed by atoms with E-state index in [2.05, 4.69) is 11.4 Å². The van der Waals surface area contributed by atoms with Crippen LogP contribution in [0, 0.1) is 17.2 Å². The molecule has 0 aliphatic heterocycles. The average Bonchev–Trinajstić information content (AvgIpc) is 2.50. The summed E-state index contributed by atoms with van der Waals surface area (Å²) in [5.41, 5.74) is 0. The fourth-order valence-electron chi connectivity index (χ4n) is 1.68. The van der Waals surface area contributed by atoms with Crippen LogP contribution in [0.4, 0.5) is 0 Å². The van der Waals surface area contributed by atoms with E-state index in [9.17, 15) is 9.59 Å². The van der Waals surface area contributed by atoms with E-state index >= 15 is 0 Å². The molecule has 2 N–H and O–H groups in total. The lowest BCUT2D eigenvalue weighted by molar-refractivity contribution is -0.140. The van der Waals surface area contributed by atoms with Crippen molar-refractivity contribution >= 4 is 11.9 Å². The molecule has 2 unspecified atom stereocenters. The molecular formula is C9H12N2O3. The Morgan fingerprint density at radius 3 is 2.79 bits per heavy atom. The molecule has 0 radical (unpaired) electrons. The molecule has 1 aliphatic carbocycles. The van der Waals surface area contributed by atoms with Crippen LogP contribution in [0.2, 0.25) is 0 Å². The van der Waals surface area contributed by atoms with Crippen molar-refractivity contribution in [3.05, 3.63) is 0 Å². The SMILES string of the molecule is N#CC1CCCC1NC(=O)CC(=O)O. The van der Waals surface area contributed by atoms with E-state index in [1.807, 2.05) is 0 Å². The van der Waals surface area contributed by atoms with Gasteiger partial charge in [-0.1, -0.05) is 0 Å². The van der Waals surface area contributed by atoms with E-state index in [-0.39, 0.29) is 12.0 Å². The number of carboxylic acid groups (broad SMARTS) is 1. The minimum absolute atomic E-state index is 0.159. The van der Waals surface area contributed by atoms with Crippen LogP contribution in [-0.2, 0) is 9.59 Å². The fraction of sp³-hybridized carbons (Fsp3) is 0.667. The Balaban J connectivity index is 2.40. The van der Waals surface area contributed by atoms with Crippen molar-refractivity contribution in [3.8, 4) is 6.07 Å². The third kappa shape index (κ3) is 2.73. The highest BCUT2D eigenvalue weighted by molar-refractivity contribution is 5.93. The molecule has 1 saturated carbocycles. The number of nitrogens with zero attached hydrogens (tertiary/aromatic N) is 1. The lowest BCUT2D eigenvalue weighted by Gasteiger charge is -2.14. The van der Waals surface area contributed by atoms with Crippen LogP contribution in [0.3, 0.4) is 0 Å². The van der Waals surface area contributed by atoms with Gasteiger partial charge in [-0.05, 0) is 19.3 Å². The Morgan fingerprint density at radius 1 is 1.50 bits per heavy atom. The number of nitriles is 1. The van der Waals surface area contributed by atoms with Crippen molar-refractivity contribution in [2.45, 2.75) is 31.7 Å². The topological polar surface area (TPSA) is 90.2 Å². The quantitative estimate of drug-likeness (QED) is 0.634. The van der Waals surface area contributed by atoms with Crippen LogP contribution in [0.25, 0.3) is 0 Å². The van der Waals surface area contributed by atoms with Gasteiger partial charge in [0.25, 0.3) is 0 Å². The van der Waals surface area contributed by atoms with E-state index in [1.165, 1.54) is 0 Å². The molecule has 0 heterocycles. The predicted octanol–water partition coefficient (Wildman–Crippen LogP) is 0.270. The molecule has 1 amide bonds. The first-order valence-corrected chi connectivity index (χ1v) is 4.54. The maximum Gasteiger partial charge on any atom is 0.312 e. The number of carboxylic acids is 1. The normalized spacial score (nSPS) is 25.4. The van der Waals surface area contributed by atoms with E-state index < -0.39 is 18.3 Å². The van der Waals surface area contributed by atoms with Crippen molar-refractivity contribution in [2.24, 2.45) is 5.92 Å². The lowest BCUT2D eigenvalue weighted by atomic mass is 10.1. The van der Waals surface area contributed by atoms with Crippen molar-refractivity contribution in [1.29, 1.82) is 5.26 Å². The van der Waals surface area contributed by atoms with Gasteiger partial charge in [0.1, 0.15) is 6.42 Å². The smallest absolute Gasteiger partial charge is 0.312 e. The van der Waals surface area contributed by atoms with Gasteiger partial charge in [0.05, 0.1) is 12.0 Å². The Morgan fingerprint density at radius 2 is 2.21 bits per heavy atom. The Hall–Kier alpha value is -1.57. The van der Waals surface area contributed by atoms with Gasteiger partial charge >= 0.3 is 5.97 Å². The summed E-state index contributed by atoms with van der Waals surface area (Å²) < 4.78 is 0. The number of carbonyl (C=O) groups is 2. The highest BCUT2D eigenvalue weighted by Crippen LogP contribution is 2.24. The number of hydrogen-bond acceptors (Lipinski definition) is 3. The molecule has 0 spiro atoms. The highest BCUT2D eigenvalue weighted by Gasteiger charge is 2.28. The summed E-state index contributed by atoms with van der Waals surface area (Å²) in [6.07, 6.45) is 1.95. The zero-order chi connectivity index (χ0) is 10.6. The van der Waals surface area contributed by atoms with E-state index in [4.69, 9.17) is 10.4 Å². The van der Waals surface area contributed by atoms with Crippen molar-refractivity contribution in [1.82, 2.24) is 5.32 Å². The zero-order valence-electron chi connectivity index (χ0n) is 7.69. The number of hydrogen-bond donors (Lipinski definition) is 2. The monoisotopic (exact) mass is 196 g/mol. The number of rotatable bonds is 3. The van der Waals surface area contributed by atoms with Crippen molar-refractivity contribution < 1.29 is 14.7 Å². The Bertz CT molecular complexity index is 282. The largest absolute Gasteiger partial charge is 0.481 e. The van der Waals surface area contributed by atoms with Crippen LogP contribution in [-0.4, -0.2) is 23.0 Å². The second kappa shape index (κ2) is 4.61. The molecule has 1 rings (SSSR count). The minimum Gasteiger partial charge on any atom is -0.481 e. The number of carbonyl (C=O) groups excluding carboxylic acids is 1. The van der Waals surface area contributed by atoms with E-state index in [1.54, 1.807) is 0 Å². The van der Waals surface area contributed by atoms with Gasteiger partial charge in [-0.15, -0.1) is 0 Å². The predicted molar refractivity (Wildman–Crippen MR) is 47.1 cm³/mol. The first-order chi connectivity index (χ1) is 6.63.